The van der Waals surface area contributed by atoms with E-state index in [0.717, 1.165) is 36.0 Å². The van der Waals surface area contributed by atoms with Gasteiger partial charge in [-0.3, -0.25) is 0 Å². The fraction of sp³-hybridized carbons (Fsp3) is 0.538. The molecule has 1 aromatic rings. The zero-order valence-corrected chi connectivity index (χ0v) is 11.2. The molecular formula is C13H18BrNO. The van der Waals surface area contributed by atoms with Gasteiger partial charge in [-0.25, -0.2) is 0 Å². The molecule has 1 fully saturated rings. The summed E-state index contributed by atoms with van der Waals surface area (Å²) in [5.41, 5.74) is 1.04. The van der Waals surface area contributed by atoms with Gasteiger partial charge in [0.2, 0.25) is 0 Å². The summed E-state index contributed by atoms with van der Waals surface area (Å²) in [4.78, 5) is 2.32. The Morgan fingerprint density at radius 3 is 2.38 bits per heavy atom. The third kappa shape index (κ3) is 2.84. The second-order valence-electron chi connectivity index (χ2n) is 4.64. The lowest BCUT2D eigenvalue weighted by molar-refractivity contribution is 0.0657. The fourth-order valence-electron chi connectivity index (χ4n) is 2.28. The van der Waals surface area contributed by atoms with Gasteiger partial charge in [-0.05, 0) is 56.6 Å². The Hall–Kier alpha value is -0.380. The van der Waals surface area contributed by atoms with E-state index in [2.05, 4.69) is 27.9 Å². The molecule has 1 heterocycles. The van der Waals surface area contributed by atoms with E-state index in [9.17, 15) is 5.11 Å². The molecule has 2 rings (SSSR count). The van der Waals surface area contributed by atoms with Gasteiger partial charge in [0.1, 0.15) is 0 Å². The minimum absolute atomic E-state index is 0.304. The number of hydrogen-bond donors (Lipinski definition) is 1. The van der Waals surface area contributed by atoms with Crippen molar-refractivity contribution in [1.82, 2.24) is 4.90 Å². The number of likely N-dealkylation sites (tertiary alicyclic amines) is 1. The third-order valence-corrected chi connectivity index (χ3v) is 3.95. The Bertz CT molecular complexity index is 330. The highest BCUT2D eigenvalue weighted by atomic mass is 79.9. The lowest BCUT2D eigenvalue weighted by Crippen LogP contribution is -2.32. The van der Waals surface area contributed by atoms with Crippen LogP contribution < -0.4 is 0 Å². The van der Waals surface area contributed by atoms with Gasteiger partial charge < -0.3 is 10.0 Å². The van der Waals surface area contributed by atoms with Crippen molar-refractivity contribution in [3.8, 4) is 0 Å². The van der Waals surface area contributed by atoms with Gasteiger partial charge in [0.05, 0.1) is 6.10 Å². The number of rotatable bonds is 2. The molecule has 1 N–H and O–H groups in total. The van der Waals surface area contributed by atoms with Crippen LogP contribution in [0.4, 0.5) is 0 Å². The standard InChI is InChI=1S/C13H18BrNO/c1-15-8-6-11(7-9-15)13(16)10-2-4-12(14)5-3-10/h2-5,11,13,16H,6-9H2,1H3. The summed E-state index contributed by atoms with van der Waals surface area (Å²) >= 11 is 3.41. The first-order valence-corrected chi connectivity index (χ1v) is 6.58. The number of benzene rings is 1. The van der Waals surface area contributed by atoms with Gasteiger partial charge in [0, 0.05) is 4.47 Å². The van der Waals surface area contributed by atoms with E-state index >= 15 is 0 Å². The molecular weight excluding hydrogens is 266 g/mol. The van der Waals surface area contributed by atoms with Crippen molar-refractivity contribution >= 4 is 15.9 Å². The second-order valence-corrected chi connectivity index (χ2v) is 5.55. The van der Waals surface area contributed by atoms with Crippen LogP contribution >= 0.6 is 15.9 Å². The maximum atomic E-state index is 10.3. The van der Waals surface area contributed by atoms with Crippen molar-refractivity contribution in [2.24, 2.45) is 5.92 Å². The summed E-state index contributed by atoms with van der Waals surface area (Å²) in [6.07, 6.45) is 1.88. The van der Waals surface area contributed by atoms with E-state index in [1.165, 1.54) is 0 Å². The SMILES string of the molecule is CN1CCC(C(O)c2ccc(Br)cc2)CC1. The topological polar surface area (TPSA) is 23.5 Å². The third-order valence-electron chi connectivity index (χ3n) is 3.42. The molecule has 1 atom stereocenters. The molecule has 1 aliphatic rings. The van der Waals surface area contributed by atoms with Crippen LogP contribution in [0.3, 0.4) is 0 Å². The molecule has 16 heavy (non-hydrogen) atoms. The first-order valence-electron chi connectivity index (χ1n) is 5.79. The summed E-state index contributed by atoms with van der Waals surface area (Å²) in [6, 6.07) is 8.00. The highest BCUT2D eigenvalue weighted by molar-refractivity contribution is 9.10. The number of hydrogen-bond acceptors (Lipinski definition) is 2. The van der Waals surface area contributed by atoms with Gasteiger partial charge in [-0.15, -0.1) is 0 Å². The Morgan fingerprint density at radius 2 is 1.81 bits per heavy atom. The van der Waals surface area contributed by atoms with E-state index in [-0.39, 0.29) is 6.10 Å². The van der Waals surface area contributed by atoms with Crippen LogP contribution in [-0.4, -0.2) is 30.1 Å². The normalized spacial score (nSPS) is 20.9. The molecule has 88 valence electrons. The van der Waals surface area contributed by atoms with Crippen LogP contribution in [0.1, 0.15) is 24.5 Å². The predicted molar refractivity (Wildman–Crippen MR) is 69.3 cm³/mol. The Kier molecular flexibility index (Phi) is 4.00. The van der Waals surface area contributed by atoms with Crippen molar-refractivity contribution in [3.63, 3.8) is 0 Å². The number of nitrogens with zero attached hydrogens (tertiary/aromatic N) is 1. The van der Waals surface area contributed by atoms with Crippen molar-refractivity contribution in [2.75, 3.05) is 20.1 Å². The highest BCUT2D eigenvalue weighted by Gasteiger charge is 2.24. The average molecular weight is 284 g/mol. The molecule has 0 bridgehead atoms. The van der Waals surface area contributed by atoms with E-state index in [0.29, 0.717) is 5.92 Å². The van der Waals surface area contributed by atoms with Gasteiger partial charge in [0.15, 0.2) is 0 Å². The van der Waals surface area contributed by atoms with Crippen LogP contribution in [0, 0.1) is 5.92 Å². The zero-order chi connectivity index (χ0) is 11.5. The van der Waals surface area contributed by atoms with Crippen molar-refractivity contribution in [2.45, 2.75) is 18.9 Å². The van der Waals surface area contributed by atoms with Crippen molar-refractivity contribution in [3.05, 3.63) is 34.3 Å². The quantitative estimate of drug-likeness (QED) is 0.902. The summed E-state index contributed by atoms with van der Waals surface area (Å²) in [6.45, 7) is 2.19. The van der Waals surface area contributed by atoms with Crippen molar-refractivity contribution in [1.29, 1.82) is 0 Å². The summed E-state index contributed by atoms with van der Waals surface area (Å²) < 4.78 is 1.06. The van der Waals surface area contributed by atoms with Gasteiger partial charge in [0.25, 0.3) is 0 Å². The fourth-order valence-corrected chi connectivity index (χ4v) is 2.54. The van der Waals surface area contributed by atoms with E-state index in [1.807, 2.05) is 24.3 Å². The molecule has 0 amide bonds. The molecule has 1 unspecified atom stereocenters. The van der Waals surface area contributed by atoms with Crippen LogP contribution in [0.15, 0.2) is 28.7 Å². The van der Waals surface area contributed by atoms with E-state index in [1.54, 1.807) is 0 Å². The summed E-state index contributed by atoms with van der Waals surface area (Å²) in [5.74, 6) is 0.414. The van der Waals surface area contributed by atoms with Crippen LogP contribution in [-0.2, 0) is 0 Å². The summed E-state index contributed by atoms with van der Waals surface area (Å²) in [5, 5.41) is 10.3. The van der Waals surface area contributed by atoms with E-state index in [4.69, 9.17) is 0 Å². The second kappa shape index (κ2) is 5.30. The molecule has 1 saturated heterocycles. The largest absolute Gasteiger partial charge is 0.388 e. The molecule has 2 nitrogen and oxygen atoms in total. The smallest absolute Gasteiger partial charge is 0.0819 e. The number of halogens is 1. The average Bonchev–Trinajstić information content (AvgIpc) is 2.30. The van der Waals surface area contributed by atoms with Crippen LogP contribution in [0.5, 0.6) is 0 Å². The monoisotopic (exact) mass is 283 g/mol. The maximum Gasteiger partial charge on any atom is 0.0819 e. The number of aliphatic hydroxyl groups is 1. The van der Waals surface area contributed by atoms with Crippen LogP contribution in [0.2, 0.25) is 0 Å². The molecule has 0 saturated carbocycles. The Morgan fingerprint density at radius 1 is 1.25 bits per heavy atom. The number of piperidine rings is 1. The minimum atomic E-state index is -0.304. The lowest BCUT2D eigenvalue weighted by atomic mass is 9.88. The van der Waals surface area contributed by atoms with Crippen LogP contribution in [0.25, 0.3) is 0 Å². The number of aliphatic hydroxyl groups excluding tert-OH is 1. The molecule has 0 spiro atoms. The molecule has 3 heteroatoms. The van der Waals surface area contributed by atoms with E-state index < -0.39 is 0 Å². The van der Waals surface area contributed by atoms with Gasteiger partial charge >= 0.3 is 0 Å². The molecule has 1 aromatic carbocycles. The first kappa shape index (κ1) is 12.1. The zero-order valence-electron chi connectivity index (χ0n) is 9.56. The molecule has 0 aromatic heterocycles. The molecule has 0 aliphatic carbocycles. The summed E-state index contributed by atoms with van der Waals surface area (Å²) in [7, 11) is 2.14. The molecule has 1 aliphatic heterocycles. The van der Waals surface area contributed by atoms with Gasteiger partial charge in [-0.1, -0.05) is 28.1 Å². The lowest BCUT2D eigenvalue weighted by Gasteiger charge is -2.32. The maximum absolute atomic E-state index is 10.3. The minimum Gasteiger partial charge on any atom is -0.388 e. The first-order chi connectivity index (χ1) is 7.66. The Labute approximate surface area is 105 Å². The van der Waals surface area contributed by atoms with Gasteiger partial charge in [-0.2, -0.15) is 0 Å². The predicted octanol–water partition coefficient (Wildman–Crippen LogP) is 2.82. The highest BCUT2D eigenvalue weighted by Crippen LogP contribution is 2.30. The Balaban J connectivity index is 2.01. The van der Waals surface area contributed by atoms with Crippen molar-refractivity contribution < 1.29 is 5.11 Å². The molecule has 0 radical (unpaired) electrons.